The van der Waals surface area contributed by atoms with Crippen molar-refractivity contribution in [2.45, 2.75) is 12.8 Å². The van der Waals surface area contributed by atoms with Crippen molar-refractivity contribution in [1.82, 2.24) is 10.2 Å². The number of nitrogens with one attached hydrogen (secondary N) is 1. The number of carbonyl (C=O) groups excluding carboxylic acids is 1. The molecule has 0 bridgehead atoms. The number of carbonyl (C=O) groups is 1. The van der Waals surface area contributed by atoms with Gasteiger partial charge >= 0.3 is 0 Å². The molecule has 1 atom stereocenters. The second-order valence-corrected chi connectivity index (χ2v) is 5.67. The smallest absolute Gasteiger partial charge is 0.231 e. The topological polar surface area (TPSA) is 35.6 Å². The number of piperidine rings is 1. The number of amides is 1. The van der Waals surface area contributed by atoms with E-state index in [0.717, 1.165) is 44.7 Å². The van der Waals surface area contributed by atoms with Gasteiger partial charge in [0.2, 0.25) is 5.91 Å². The maximum Gasteiger partial charge on any atom is 0.231 e. The molecule has 0 spiro atoms. The molecule has 1 N–H and O–H groups in total. The first-order valence-corrected chi connectivity index (χ1v) is 7.40. The standard InChI is InChI=1S/C16H25N3O/c1-18(2)11-12-19(15-8-4-3-5-9-15)16(20)14-7-6-10-17-13-14/h3-5,8-9,14,17H,6-7,10-13H2,1-2H3. The molecule has 4 heteroatoms. The summed E-state index contributed by atoms with van der Waals surface area (Å²) in [6.07, 6.45) is 2.09. The molecule has 1 heterocycles. The molecule has 4 nitrogen and oxygen atoms in total. The van der Waals surface area contributed by atoms with Crippen molar-refractivity contribution in [1.29, 1.82) is 0 Å². The van der Waals surface area contributed by atoms with Crippen LogP contribution in [0.5, 0.6) is 0 Å². The highest BCUT2D eigenvalue weighted by Gasteiger charge is 2.26. The van der Waals surface area contributed by atoms with E-state index in [4.69, 9.17) is 0 Å². The van der Waals surface area contributed by atoms with E-state index in [1.54, 1.807) is 0 Å². The van der Waals surface area contributed by atoms with Gasteiger partial charge in [-0.05, 0) is 45.6 Å². The van der Waals surface area contributed by atoms with E-state index >= 15 is 0 Å². The van der Waals surface area contributed by atoms with Crippen LogP contribution in [0.3, 0.4) is 0 Å². The van der Waals surface area contributed by atoms with Gasteiger partial charge in [-0.15, -0.1) is 0 Å². The minimum absolute atomic E-state index is 0.117. The normalized spacial score (nSPS) is 19.1. The van der Waals surface area contributed by atoms with E-state index in [1.807, 2.05) is 49.3 Å². The Bertz CT molecular complexity index is 413. The Balaban J connectivity index is 2.10. The minimum atomic E-state index is 0.117. The zero-order valence-corrected chi connectivity index (χ0v) is 12.5. The second-order valence-electron chi connectivity index (χ2n) is 5.67. The van der Waals surface area contributed by atoms with Crippen LogP contribution in [0.1, 0.15) is 12.8 Å². The highest BCUT2D eigenvalue weighted by Crippen LogP contribution is 2.19. The van der Waals surface area contributed by atoms with Gasteiger partial charge in [0.1, 0.15) is 0 Å². The number of anilines is 1. The Kier molecular flexibility index (Phi) is 5.56. The average Bonchev–Trinajstić information content (AvgIpc) is 2.49. The zero-order chi connectivity index (χ0) is 14.4. The maximum atomic E-state index is 12.8. The maximum absolute atomic E-state index is 12.8. The molecule has 0 aromatic heterocycles. The molecule has 1 unspecified atom stereocenters. The summed E-state index contributed by atoms with van der Waals surface area (Å²) in [5.74, 6) is 0.372. The number of rotatable bonds is 5. The fraction of sp³-hybridized carbons (Fsp3) is 0.562. The van der Waals surface area contributed by atoms with Gasteiger partial charge in [0.25, 0.3) is 0 Å². The first kappa shape index (κ1) is 15.0. The van der Waals surface area contributed by atoms with Gasteiger partial charge < -0.3 is 15.1 Å². The Morgan fingerprint density at radius 3 is 2.60 bits per heavy atom. The Morgan fingerprint density at radius 1 is 1.25 bits per heavy atom. The van der Waals surface area contributed by atoms with Crippen molar-refractivity contribution in [2.75, 3.05) is 45.2 Å². The number of nitrogens with zero attached hydrogens (tertiary/aromatic N) is 2. The summed E-state index contributed by atoms with van der Waals surface area (Å²) < 4.78 is 0. The number of para-hydroxylation sites is 1. The number of likely N-dealkylation sites (N-methyl/N-ethyl adjacent to an activating group) is 1. The van der Waals surface area contributed by atoms with E-state index in [1.165, 1.54) is 0 Å². The Hall–Kier alpha value is -1.39. The fourth-order valence-electron chi connectivity index (χ4n) is 2.56. The van der Waals surface area contributed by atoms with Gasteiger partial charge in [0.05, 0.1) is 5.92 Å². The molecule has 0 saturated carbocycles. The van der Waals surface area contributed by atoms with Crippen molar-refractivity contribution in [2.24, 2.45) is 5.92 Å². The molecule has 1 aromatic rings. The predicted octanol–water partition coefficient (Wildman–Crippen LogP) is 1.58. The second kappa shape index (κ2) is 7.41. The summed E-state index contributed by atoms with van der Waals surface area (Å²) in [4.78, 5) is 16.8. The molecule has 20 heavy (non-hydrogen) atoms. The molecule has 1 saturated heterocycles. The van der Waals surface area contributed by atoms with Gasteiger partial charge in [-0.3, -0.25) is 4.79 Å². The van der Waals surface area contributed by atoms with E-state index in [-0.39, 0.29) is 11.8 Å². The van der Waals surface area contributed by atoms with Crippen LogP contribution in [0, 0.1) is 5.92 Å². The van der Waals surface area contributed by atoms with Crippen molar-refractivity contribution in [3.8, 4) is 0 Å². The fourth-order valence-corrected chi connectivity index (χ4v) is 2.56. The van der Waals surface area contributed by atoms with E-state index in [9.17, 15) is 4.79 Å². The quantitative estimate of drug-likeness (QED) is 0.886. The molecular weight excluding hydrogens is 250 g/mol. The van der Waals surface area contributed by atoms with Gasteiger partial charge in [-0.2, -0.15) is 0 Å². The molecule has 1 amide bonds. The predicted molar refractivity (Wildman–Crippen MR) is 82.9 cm³/mol. The number of benzene rings is 1. The van der Waals surface area contributed by atoms with Gasteiger partial charge in [0, 0.05) is 25.3 Å². The van der Waals surface area contributed by atoms with Crippen LogP contribution in [0.4, 0.5) is 5.69 Å². The SMILES string of the molecule is CN(C)CCN(C(=O)C1CCCNC1)c1ccccc1. The Labute approximate surface area is 121 Å². The van der Waals surface area contributed by atoms with E-state index in [0.29, 0.717) is 0 Å². The lowest BCUT2D eigenvalue weighted by Gasteiger charge is -2.30. The lowest BCUT2D eigenvalue weighted by Crippen LogP contribution is -2.45. The third kappa shape index (κ3) is 4.05. The highest BCUT2D eigenvalue weighted by atomic mass is 16.2. The van der Waals surface area contributed by atoms with Crippen molar-refractivity contribution >= 4 is 11.6 Å². The van der Waals surface area contributed by atoms with Gasteiger partial charge in [-0.1, -0.05) is 18.2 Å². The van der Waals surface area contributed by atoms with Gasteiger partial charge in [0.15, 0.2) is 0 Å². The minimum Gasteiger partial charge on any atom is -0.316 e. The first-order chi connectivity index (χ1) is 9.68. The summed E-state index contributed by atoms with van der Waals surface area (Å²) in [5.41, 5.74) is 1.00. The first-order valence-electron chi connectivity index (χ1n) is 7.40. The van der Waals surface area contributed by atoms with Crippen molar-refractivity contribution in [3.63, 3.8) is 0 Å². The molecule has 0 aliphatic carbocycles. The molecule has 1 aliphatic heterocycles. The largest absolute Gasteiger partial charge is 0.316 e. The third-order valence-electron chi connectivity index (χ3n) is 3.75. The van der Waals surface area contributed by atoms with Crippen LogP contribution < -0.4 is 10.2 Å². The molecule has 1 fully saturated rings. The molecular formula is C16H25N3O. The molecule has 2 rings (SSSR count). The molecule has 1 aliphatic rings. The molecule has 110 valence electrons. The Morgan fingerprint density at radius 2 is 2.00 bits per heavy atom. The summed E-state index contributed by atoms with van der Waals surface area (Å²) in [5, 5.41) is 3.33. The lowest BCUT2D eigenvalue weighted by atomic mass is 9.98. The van der Waals surface area contributed by atoms with Crippen LogP contribution in [0.15, 0.2) is 30.3 Å². The highest BCUT2D eigenvalue weighted by molar-refractivity contribution is 5.95. The third-order valence-corrected chi connectivity index (χ3v) is 3.75. The van der Waals surface area contributed by atoms with Crippen molar-refractivity contribution in [3.05, 3.63) is 30.3 Å². The lowest BCUT2D eigenvalue weighted by molar-refractivity contribution is -0.122. The number of hydrogen-bond acceptors (Lipinski definition) is 3. The van der Waals surface area contributed by atoms with E-state index in [2.05, 4.69) is 10.2 Å². The van der Waals surface area contributed by atoms with Crippen LogP contribution in [0.2, 0.25) is 0 Å². The van der Waals surface area contributed by atoms with Crippen LogP contribution >= 0.6 is 0 Å². The van der Waals surface area contributed by atoms with E-state index < -0.39 is 0 Å². The molecule has 0 radical (unpaired) electrons. The average molecular weight is 275 g/mol. The monoisotopic (exact) mass is 275 g/mol. The van der Waals surface area contributed by atoms with Crippen molar-refractivity contribution < 1.29 is 4.79 Å². The summed E-state index contributed by atoms with van der Waals surface area (Å²) in [6.45, 7) is 3.46. The van der Waals surface area contributed by atoms with Crippen LogP contribution in [-0.4, -0.2) is 51.1 Å². The zero-order valence-electron chi connectivity index (χ0n) is 12.5. The van der Waals surface area contributed by atoms with Crippen LogP contribution in [-0.2, 0) is 4.79 Å². The van der Waals surface area contributed by atoms with Crippen LogP contribution in [0.25, 0.3) is 0 Å². The summed E-state index contributed by atoms with van der Waals surface area (Å²) >= 11 is 0. The summed E-state index contributed by atoms with van der Waals surface area (Å²) in [6, 6.07) is 10.0. The van der Waals surface area contributed by atoms with Gasteiger partial charge in [-0.25, -0.2) is 0 Å². The summed E-state index contributed by atoms with van der Waals surface area (Å²) in [7, 11) is 4.08. The molecule has 1 aromatic carbocycles. The number of hydrogen-bond donors (Lipinski definition) is 1.